The van der Waals surface area contributed by atoms with Crippen molar-refractivity contribution in [3.63, 3.8) is 0 Å². The van der Waals surface area contributed by atoms with Gasteiger partial charge in [0.2, 0.25) is 10.0 Å². The van der Waals surface area contributed by atoms with Crippen LogP contribution in [0.1, 0.15) is 38.8 Å². The van der Waals surface area contributed by atoms with Crippen molar-refractivity contribution in [2.45, 2.75) is 33.2 Å². The van der Waals surface area contributed by atoms with Crippen LogP contribution in [0.5, 0.6) is 0 Å². The monoisotopic (exact) mass is 333 g/mol. The number of rotatable bonds is 6. The fraction of sp³-hybridized carbons (Fsp3) is 0.538. The van der Waals surface area contributed by atoms with Gasteiger partial charge in [-0.2, -0.15) is 0 Å². The molecule has 1 rings (SSSR count). The Bertz CT molecular complexity index is 468. The number of benzene rings is 1. The first-order valence-corrected chi connectivity index (χ1v) is 8.50. The Morgan fingerprint density at radius 1 is 1.17 bits per heavy atom. The topological polar surface area (TPSA) is 46.2 Å². The van der Waals surface area contributed by atoms with Gasteiger partial charge in [-0.1, -0.05) is 41.9 Å². The maximum absolute atomic E-state index is 11.9. The van der Waals surface area contributed by atoms with Gasteiger partial charge in [-0.25, -0.2) is 13.1 Å². The van der Waals surface area contributed by atoms with Gasteiger partial charge in [0.1, 0.15) is 0 Å². The second-order valence-electron chi connectivity index (χ2n) is 4.89. The fourth-order valence-corrected chi connectivity index (χ4v) is 3.38. The van der Waals surface area contributed by atoms with E-state index in [-0.39, 0.29) is 11.8 Å². The summed E-state index contributed by atoms with van der Waals surface area (Å²) < 4.78 is 27.4. The highest BCUT2D eigenvalue weighted by molar-refractivity contribution is 9.10. The standard InChI is InChI=1S/C13H20BrNO2S/c1-10(2)8-9-18(16,17)15-11(3)12-4-6-13(14)7-5-12/h4-7,10-11,15H,8-9H2,1-3H3. The van der Waals surface area contributed by atoms with Crippen molar-refractivity contribution in [3.05, 3.63) is 34.3 Å². The molecule has 1 atom stereocenters. The average molecular weight is 334 g/mol. The first kappa shape index (κ1) is 15.7. The predicted octanol–water partition coefficient (Wildman–Crippen LogP) is 3.48. The lowest BCUT2D eigenvalue weighted by Crippen LogP contribution is -2.29. The molecule has 0 aliphatic rings. The number of nitrogens with one attached hydrogen (secondary N) is 1. The van der Waals surface area contributed by atoms with Crippen LogP contribution in [0.2, 0.25) is 0 Å². The van der Waals surface area contributed by atoms with Crippen molar-refractivity contribution in [2.24, 2.45) is 5.92 Å². The van der Waals surface area contributed by atoms with Crippen LogP contribution in [0, 0.1) is 5.92 Å². The molecule has 3 nitrogen and oxygen atoms in total. The minimum Gasteiger partial charge on any atom is -0.212 e. The molecule has 0 aliphatic heterocycles. The van der Waals surface area contributed by atoms with Gasteiger partial charge >= 0.3 is 0 Å². The molecule has 5 heteroatoms. The van der Waals surface area contributed by atoms with Gasteiger partial charge in [0, 0.05) is 10.5 Å². The molecular weight excluding hydrogens is 314 g/mol. The Labute approximate surface area is 118 Å². The smallest absolute Gasteiger partial charge is 0.212 e. The number of sulfonamides is 1. The maximum atomic E-state index is 11.9. The van der Waals surface area contributed by atoms with Crippen LogP contribution in [-0.4, -0.2) is 14.2 Å². The predicted molar refractivity (Wildman–Crippen MR) is 78.9 cm³/mol. The molecule has 0 saturated carbocycles. The lowest BCUT2D eigenvalue weighted by Gasteiger charge is -2.15. The van der Waals surface area contributed by atoms with Gasteiger partial charge in [0.25, 0.3) is 0 Å². The molecule has 0 aromatic heterocycles. The van der Waals surface area contributed by atoms with E-state index in [0.29, 0.717) is 12.3 Å². The summed E-state index contributed by atoms with van der Waals surface area (Å²) >= 11 is 3.36. The van der Waals surface area contributed by atoms with Crippen LogP contribution in [0.4, 0.5) is 0 Å². The van der Waals surface area contributed by atoms with Crippen LogP contribution in [0.25, 0.3) is 0 Å². The van der Waals surface area contributed by atoms with Crippen LogP contribution in [0.3, 0.4) is 0 Å². The summed E-state index contributed by atoms with van der Waals surface area (Å²) in [5.74, 6) is 0.579. The summed E-state index contributed by atoms with van der Waals surface area (Å²) in [5, 5.41) is 0. The maximum Gasteiger partial charge on any atom is 0.212 e. The van der Waals surface area contributed by atoms with Gasteiger partial charge in [0.05, 0.1) is 5.75 Å². The molecule has 0 spiro atoms. The van der Waals surface area contributed by atoms with Crippen LogP contribution in [-0.2, 0) is 10.0 Å². The van der Waals surface area contributed by atoms with Crippen LogP contribution < -0.4 is 4.72 Å². The first-order chi connectivity index (χ1) is 8.30. The molecule has 1 unspecified atom stereocenters. The third kappa shape index (κ3) is 5.50. The van der Waals surface area contributed by atoms with Gasteiger partial charge < -0.3 is 0 Å². The summed E-state index contributed by atoms with van der Waals surface area (Å²) in [6, 6.07) is 7.46. The van der Waals surface area contributed by atoms with Gasteiger partial charge in [-0.15, -0.1) is 0 Å². The van der Waals surface area contributed by atoms with Crippen molar-refractivity contribution in [1.29, 1.82) is 0 Å². The Hall–Kier alpha value is -0.390. The van der Waals surface area contributed by atoms with E-state index in [1.807, 2.05) is 45.0 Å². The molecule has 0 amide bonds. The van der Waals surface area contributed by atoms with E-state index >= 15 is 0 Å². The van der Waals surface area contributed by atoms with E-state index < -0.39 is 10.0 Å². The Balaban J connectivity index is 2.63. The van der Waals surface area contributed by atoms with Crippen molar-refractivity contribution < 1.29 is 8.42 Å². The molecule has 1 aromatic rings. The van der Waals surface area contributed by atoms with E-state index in [4.69, 9.17) is 0 Å². The van der Waals surface area contributed by atoms with Crippen LogP contribution in [0.15, 0.2) is 28.7 Å². The lowest BCUT2D eigenvalue weighted by molar-refractivity contribution is 0.550. The van der Waals surface area contributed by atoms with Crippen molar-refractivity contribution >= 4 is 26.0 Å². The average Bonchev–Trinajstić information content (AvgIpc) is 2.27. The zero-order chi connectivity index (χ0) is 13.8. The molecule has 102 valence electrons. The van der Waals surface area contributed by atoms with Gasteiger partial charge in [-0.05, 0) is 37.0 Å². The van der Waals surface area contributed by atoms with E-state index in [1.165, 1.54) is 0 Å². The zero-order valence-corrected chi connectivity index (χ0v) is 13.4. The minimum atomic E-state index is -3.20. The normalized spacial score (nSPS) is 13.8. The summed E-state index contributed by atoms with van der Waals surface area (Å²) in [6.07, 6.45) is 0.683. The zero-order valence-electron chi connectivity index (χ0n) is 11.0. The molecule has 0 heterocycles. The summed E-state index contributed by atoms with van der Waals surface area (Å²) in [5.41, 5.74) is 0.964. The Kier molecular flexibility index (Phi) is 5.82. The second-order valence-corrected chi connectivity index (χ2v) is 7.68. The number of hydrogen-bond donors (Lipinski definition) is 1. The Morgan fingerprint density at radius 3 is 2.22 bits per heavy atom. The molecule has 18 heavy (non-hydrogen) atoms. The molecule has 1 N–H and O–H groups in total. The molecule has 1 aromatic carbocycles. The van der Waals surface area contributed by atoms with Crippen molar-refractivity contribution in [1.82, 2.24) is 4.72 Å². The Morgan fingerprint density at radius 2 is 1.72 bits per heavy atom. The van der Waals surface area contributed by atoms with Crippen LogP contribution >= 0.6 is 15.9 Å². The SMILES string of the molecule is CC(C)CCS(=O)(=O)NC(C)c1ccc(Br)cc1. The third-order valence-electron chi connectivity index (χ3n) is 2.69. The third-order valence-corrected chi connectivity index (χ3v) is 4.70. The molecule has 0 radical (unpaired) electrons. The highest BCUT2D eigenvalue weighted by Gasteiger charge is 2.16. The molecule has 0 aliphatic carbocycles. The highest BCUT2D eigenvalue weighted by Crippen LogP contribution is 2.17. The van der Waals surface area contributed by atoms with E-state index in [2.05, 4.69) is 20.7 Å². The van der Waals surface area contributed by atoms with Crippen molar-refractivity contribution in [2.75, 3.05) is 5.75 Å². The molecular formula is C13H20BrNO2S. The van der Waals surface area contributed by atoms with E-state index in [1.54, 1.807) is 0 Å². The second kappa shape index (κ2) is 6.68. The molecule has 0 fully saturated rings. The fourth-order valence-electron chi connectivity index (χ4n) is 1.54. The van der Waals surface area contributed by atoms with Gasteiger partial charge in [0.15, 0.2) is 0 Å². The van der Waals surface area contributed by atoms with E-state index in [9.17, 15) is 8.42 Å². The number of hydrogen-bond acceptors (Lipinski definition) is 2. The number of halogens is 1. The first-order valence-electron chi connectivity index (χ1n) is 6.05. The highest BCUT2D eigenvalue weighted by atomic mass is 79.9. The molecule has 0 saturated heterocycles. The van der Waals surface area contributed by atoms with E-state index in [0.717, 1.165) is 10.0 Å². The largest absolute Gasteiger partial charge is 0.212 e. The summed E-state index contributed by atoms with van der Waals surface area (Å²) in [7, 11) is -3.20. The lowest BCUT2D eigenvalue weighted by atomic mass is 10.1. The molecule has 0 bridgehead atoms. The van der Waals surface area contributed by atoms with Crippen molar-refractivity contribution in [3.8, 4) is 0 Å². The summed E-state index contributed by atoms with van der Waals surface area (Å²) in [4.78, 5) is 0. The van der Waals surface area contributed by atoms with Gasteiger partial charge in [-0.3, -0.25) is 0 Å². The minimum absolute atomic E-state index is 0.186. The summed E-state index contributed by atoms with van der Waals surface area (Å²) in [6.45, 7) is 5.90. The quantitative estimate of drug-likeness (QED) is 0.866.